The van der Waals surface area contributed by atoms with Crippen molar-refractivity contribution in [2.45, 2.75) is 44.7 Å². The van der Waals surface area contributed by atoms with Crippen LogP contribution in [0.1, 0.15) is 37.7 Å². The average molecular weight is 248 g/mol. The Morgan fingerprint density at radius 3 is 2.94 bits per heavy atom. The zero-order valence-corrected chi connectivity index (χ0v) is 11.3. The van der Waals surface area contributed by atoms with Crippen LogP contribution in [0.15, 0.2) is 24.5 Å². The number of aromatic nitrogens is 1. The van der Waals surface area contributed by atoms with Crippen molar-refractivity contribution in [3.63, 3.8) is 0 Å². The van der Waals surface area contributed by atoms with Gasteiger partial charge in [0.25, 0.3) is 0 Å². The van der Waals surface area contributed by atoms with Gasteiger partial charge in [-0.1, -0.05) is 6.42 Å². The normalized spacial score (nSPS) is 21.1. The molecule has 2 rings (SSSR count). The summed E-state index contributed by atoms with van der Waals surface area (Å²) < 4.78 is 5.16. The van der Waals surface area contributed by atoms with E-state index in [2.05, 4.69) is 22.0 Å². The highest BCUT2D eigenvalue weighted by molar-refractivity contribution is 5.09. The number of ether oxygens (including phenoxy) is 1. The molecule has 0 saturated carbocycles. The van der Waals surface area contributed by atoms with E-state index in [4.69, 9.17) is 4.74 Å². The Balaban J connectivity index is 1.87. The predicted octanol–water partition coefficient (Wildman–Crippen LogP) is 2.86. The summed E-state index contributed by atoms with van der Waals surface area (Å²) in [6.07, 6.45) is 10.3. The van der Waals surface area contributed by atoms with Crippen molar-refractivity contribution in [3.05, 3.63) is 30.1 Å². The fourth-order valence-corrected chi connectivity index (χ4v) is 2.78. The van der Waals surface area contributed by atoms with E-state index in [0.29, 0.717) is 0 Å². The number of hydrogen-bond acceptors (Lipinski definition) is 3. The number of likely N-dealkylation sites (tertiary alicyclic amines) is 1. The highest BCUT2D eigenvalue weighted by Crippen LogP contribution is 2.22. The second-order valence-corrected chi connectivity index (χ2v) is 5.11. The molecule has 100 valence electrons. The third kappa shape index (κ3) is 4.07. The molecule has 0 aliphatic carbocycles. The number of hydrogen-bond donors (Lipinski definition) is 0. The first-order valence-corrected chi connectivity index (χ1v) is 7.02. The summed E-state index contributed by atoms with van der Waals surface area (Å²) in [7, 11) is 1.79. The van der Waals surface area contributed by atoms with E-state index < -0.39 is 0 Å². The van der Waals surface area contributed by atoms with E-state index in [1.165, 1.54) is 44.2 Å². The molecule has 1 fully saturated rings. The van der Waals surface area contributed by atoms with Crippen molar-refractivity contribution in [2.24, 2.45) is 0 Å². The van der Waals surface area contributed by atoms with Gasteiger partial charge in [0.2, 0.25) is 0 Å². The molecule has 1 aliphatic heterocycles. The number of nitrogens with zero attached hydrogens (tertiary/aromatic N) is 2. The summed E-state index contributed by atoms with van der Waals surface area (Å²) in [5, 5.41) is 0. The zero-order valence-electron chi connectivity index (χ0n) is 11.3. The van der Waals surface area contributed by atoms with Gasteiger partial charge in [-0.05, 0) is 49.9 Å². The Hall–Kier alpha value is -0.930. The van der Waals surface area contributed by atoms with Gasteiger partial charge in [-0.25, -0.2) is 0 Å². The third-order valence-corrected chi connectivity index (χ3v) is 3.77. The van der Waals surface area contributed by atoms with Crippen LogP contribution in [0, 0.1) is 0 Å². The Labute approximate surface area is 110 Å². The molecule has 2 heterocycles. The van der Waals surface area contributed by atoms with Crippen LogP contribution in [0.2, 0.25) is 0 Å². The molecule has 3 heteroatoms. The molecule has 0 spiro atoms. The maximum atomic E-state index is 5.16. The molecule has 0 amide bonds. The van der Waals surface area contributed by atoms with Crippen molar-refractivity contribution in [1.29, 1.82) is 0 Å². The lowest BCUT2D eigenvalue weighted by Gasteiger charge is -2.35. The number of piperidine rings is 1. The lowest BCUT2D eigenvalue weighted by Crippen LogP contribution is -2.39. The molecular weight excluding hydrogens is 224 g/mol. The van der Waals surface area contributed by atoms with E-state index in [9.17, 15) is 0 Å². The predicted molar refractivity (Wildman–Crippen MR) is 73.4 cm³/mol. The minimum Gasteiger partial charge on any atom is -0.385 e. The highest BCUT2D eigenvalue weighted by Gasteiger charge is 2.21. The summed E-state index contributed by atoms with van der Waals surface area (Å²) in [5.41, 5.74) is 1.38. The van der Waals surface area contributed by atoms with Gasteiger partial charge in [-0.2, -0.15) is 0 Å². The molecule has 1 aromatic rings. The van der Waals surface area contributed by atoms with Crippen molar-refractivity contribution in [3.8, 4) is 0 Å². The monoisotopic (exact) mass is 248 g/mol. The van der Waals surface area contributed by atoms with Crippen LogP contribution in [0.4, 0.5) is 0 Å². The summed E-state index contributed by atoms with van der Waals surface area (Å²) in [6, 6.07) is 4.99. The number of methoxy groups -OCH3 is 1. The molecule has 1 atom stereocenters. The Bertz CT molecular complexity index is 329. The summed E-state index contributed by atoms with van der Waals surface area (Å²) in [4.78, 5) is 6.72. The van der Waals surface area contributed by atoms with E-state index in [0.717, 1.165) is 19.2 Å². The topological polar surface area (TPSA) is 25.4 Å². The lowest BCUT2D eigenvalue weighted by atomic mass is 9.97. The SMILES string of the molecule is COCCC[C@@H]1CCCCN1Cc1ccncc1. The number of pyridine rings is 1. The molecule has 0 unspecified atom stereocenters. The molecule has 1 aliphatic rings. The Morgan fingerprint density at radius 1 is 1.33 bits per heavy atom. The molecule has 1 saturated heterocycles. The smallest absolute Gasteiger partial charge is 0.0462 e. The highest BCUT2D eigenvalue weighted by atomic mass is 16.5. The van der Waals surface area contributed by atoms with Crippen LogP contribution in [0.3, 0.4) is 0 Å². The van der Waals surface area contributed by atoms with Crippen LogP contribution in [-0.4, -0.2) is 36.2 Å². The van der Waals surface area contributed by atoms with Gasteiger partial charge < -0.3 is 4.74 Å². The van der Waals surface area contributed by atoms with Crippen molar-refractivity contribution >= 4 is 0 Å². The summed E-state index contributed by atoms with van der Waals surface area (Å²) in [5.74, 6) is 0. The third-order valence-electron chi connectivity index (χ3n) is 3.77. The minimum absolute atomic E-state index is 0.738. The Kier molecular flexibility index (Phi) is 5.62. The van der Waals surface area contributed by atoms with E-state index in [1.807, 2.05) is 12.4 Å². The van der Waals surface area contributed by atoms with Crippen molar-refractivity contribution in [1.82, 2.24) is 9.88 Å². The van der Waals surface area contributed by atoms with Crippen molar-refractivity contribution < 1.29 is 4.74 Å². The van der Waals surface area contributed by atoms with Gasteiger partial charge in [-0.15, -0.1) is 0 Å². The second-order valence-electron chi connectivity index (χ2n) is 5.11. The van der Waals surface area contributed by atoms with Gasteiger partial charge >= 0.3 is 0 Å². The molecule has 0 N–H and O–H groups in total. The van der Waals surface area contributed by atoms with Crippen LogP contribution in [0.25, 0.3) is 0 Å². The molecular formula is C15H24N2O. The summed E-state index contributed by atoms with van der Waals surface area (Å²) >= 11 is 0. The first-order valence-electron chi connectivity index (χ1n) is 7.02. The minimum atomic E-state index is 0.738. The van der Waals surface area contributed by atoms with Gasteiger partial charge in [-0.3, -0.25) is 9.88 Å². The quantitative estimate of drug-likeness (QED) is 0.724. The maximum Gasteiger partial charge on any atom is 0.0462 e. The van der Waals surface area contributed by atoms with Gasteiger partial charge in [0, 0.05) is 38.7 Å². The van der Waals surface area contributed by atoms with Crippen LogP contribution >= 0.6 is 0 Å². The Morgan fingerprint density at radius 2 is 2.17 bits per heavy atom. The standard InChI is InChI=1S/C15H24N2O/c1-18-12-4-6-15-5-2-3-11-17(15)13-14-7-9-16-10-8-14/h7-10,15H,2-6,11-13H2,1H3/t15-/m0/s1. The fourth-order valence-electron chi connectivity index (χ4n) is 2.78. The largest absolute Gasteiger partial charge is 0.385 e. The molecule has 18 heavy (non-hydrogen) atoms. The van der Waals surface area contributed by atoms with Crippen molar-refractivity contribution in [2.75, 3.05) is 20.3 Å². The second kappa shape index (κ2) is 7.49. The average Bonchev–Trinajstić information content (AvgIpc) is 2.42. The molecule has 3 nitrogen and oxygen atoms in total. The van der Waals surface area contributed by atoms with Gasteiger partial charge in [0.15, 0.2) is 0 Å². The fraction of sp³-hybridized carbons (Fsp3) is 0.667. The zero-order chi connectivity index (χ0) is 12.6. The van der Waals surface area contributed by atoms with E-state index in [-0.39, 0.29) is 0 Å². The first-order chi connectivity index (χ1) is 8.90. The van der Waals surface area contributed by atoms with Gasteiger partial charge in [0.1, 0.15) is 0 Å². The van der Waals surface area contributed by atoms with E-state index >= 15 is 0 Å². The molecule has 0 radical (unpaired) electrons. The van der Waals surface area contributed by atoms with Crippen LogP contribution < -0.4 is 0 Å². The maximum absolute atomic E-state index is 5.16. The van der Waals surface area contributed by atoms with Gasteiger partial charge in [0.05, 0.1) is 0 Å². The summed E-state index contributed by atoms with van der Waals surface area (Å²) in [6.45, 7) is 3.19. The lowest BCUT2D eigenvalue weighted by molar-refractivity contribution is 0.116. The molecule has 1 aromatic heterocycles. The number of rotatable bonds is 6. The van der Waals surface area contributed by atoms with Crippen LogP contribution in [0.5, 0.6) is 0 Å². The molecule has 0 aromatic carbocycles. The van der Waals surface area contributed by atoms with E-state index in [1.54, 1.807) is 7.11 Å². The van der Waals surface area contributed by atoms with Crippen LogP contribution in [-0.2, 0) is 11.3 Å². The first kappa shape index (κ1) is 13.5. The molecule has 0 bridgehead atoms.